The van der Waals surface area contributed by atoms with Gasteiger partial charge in [0.2, 0.25) is 5.88 Å². The van der Waals surface area contributed by atoms with Gasteiger partial charge < -0.3 is 31.4 Å². The van der Waals surface area contributed by atoms with E-state index >= 15 is 0 Å². The standard InChI is InChI=1S/C27H45N5O2/c1-19-13-21-15-22(14-19)25(16-21)32-26(33)24(17-28)27(34-18-20-5-3-2-4-6-20)31-12-11-30-23-7-9-29-10-8-23/h17,19-21,23,28-31H,2-16,18H2,1H3,(H,32,33)/b27-24-,28-17?. The molecule has 1 aliphatic heterocycles. The first-order chi connectivity index (χ1) is 16.6. The Morgan fingerprint density at radius 3 is 2.65 bits per heavy atom. The fourth-order valence-electron chi connectivity index (χ4n) is 6.26. The van der Waals surface area contributed by atoms with Gasteiger partial charge in [-0.05, 0) is 82.2 Å². The van der Waals surface area contributed by atoms with Crippen molar-refractivity contribution in [2.75, 3.05) is 32.8 Å². The lowest BCUT2D eigenvalue weighted by Crippen LogP contribution is -2.42. The van der Waals surface area contributed by atoms with E-state index in [4.69, 9.17) is 10.1 Å². The average molecular weight is 472 g/mol. The third-order valence-corrected chi connectivity index (χ3v) is 8.05. The number of hydrogen-bond acceptors (Lipinski definition) is 6. The third kappa shape index (κ3) is 7.08. The molecule has 34 heavy (non-hydrogen) atoms. The number of fused-ring (bicyclic) bond motifs is 2. The van der Waals surface area contributed by atoms with E-state index in [-0.39, 0.29) is 5.91 Å². The molecule has 1 saturated heterocycles. The van der Waals surface area contributed by atoms with Crippen LogP contribution in [0.1, 0.15) is 77.6 Å². The van der Waals surface area contributed by atoms with Crippen molar-refractivity contribution in [3.63, 3.8) is 0 Å². The summed E-state index contributed by atoms with van der Waals surface area (Å²) in [6.07, 6.45) is 14.1. The summed E-state index contributed by atoms with van der Waals surface area (Å²) < 4.78 is 6.22. The summed E-state index contributed by atoms with van der Waals surface area (Å²) in [4.78, 5) is 13.3. The maximum absolute atomic E-state index is 13.3. The molecule has 2 atom stereocenters. The molecule has 7 nitrogen and oxygen atoms in total. The Hall–Kier alpha value is -1.86. The summed E-state index contributed by atoms with van der Waals surface area (Å²) in [5.41, 5.74) is 2.81. The van der Waals surface area contributed by atoms with Crippen LogP contribution in [0.2, 0.25) is 0 Å². The number of carbonyl (C=O) groups is 1. The number of carbonyl (C=O) groups excluding carboxylic acids is 1. The molecule has 1 amide bonds. The van der Waals surface area contributed by atoms with Gasteiger partial charge in [-0.1, -0.05) is 31.8 Å². The molecule has 2 bridgehead atoms. The molecule has 3 fully saturated rings. The molecule has 4 rings (SSSR count). The lowest BCUT2D eigenvalue weighted by molar-refractivity contribution is -0.116. The molecule has 0 spiro atoms. The molecule has 4 aliphatic rings. The van der Waals surface area contributed by atoms with E-state index in [1.807, 2.05) is 0 Å². The van der Waals surface area contributed by atoms with E-state index in [0.29, 0.717) is 48.4 Å². The SMILES string of the molecule is CC1CC2=C(NC(=O)/C(C=N)=C(/NCCNC3CCNCC3)OCC3CCCCC3)CC(C2)C1. The molecular weight excluding hydrogens is 426 g/mol. The van der Waals surface area contributed by atoms with E-state index in [0.717, 1.165) is 63.7 Å². The Bertz CT molecular complexity index is 765. The first-order valence-corrected chi connectivity index (χ1v) is 13.7. The number of rotatable bonds is 11. The predicted octanol–water partition coefficient (Wildman–Crippen LogP) is 3.59. The van der Waals surface area contributed by atoms with Crippen LogP contribution in [0.3, 0.4) is 0 Å². The van der Waals surface area contributed by atoms with Crippen molar-refractivity contribution in [3.8, 4) is 0 Å². The number of nitrogens with one attached hydrogen (secondary N) is 5. The van der Waals surface area contributed by atoms with E-state index < -0.39 is 0 Å². The highest BCUT2D eigenvalue weighted by Crippen LogP contribution is 2.43. The molecule has 3 aliphatic carbocycles. The van der Waals surface area contributed by atoms with Crippen molar-refractivity contribution in [1.82, 2.24) is 21.3 Å². The second kappa shape index (κ2) is 12.7. The Balaban J connectivity index is 1.38. The minimum atomic E-state index is -0.213. The third-order valence-electron chi connectivity index (χ3n) is 8.05. The molecule has 2 saturated carbocycles. The lowest BCUT2D eigenvalue weighted by atomic mass is 9.84. The molecule has 0 aromatic rings. The first kappa shape index (κ1) is 25.2. The average Bonchev–Trinajstić information content (AvgIpc) is 3.13. The second-order valence-corrected chi connectivity index (χ2v) is 11.0. The molecule has 190 valence electrons. The van der Waals surface area contributed by atoms with E-state index in [1.165, 1.54) is 44.1 Å². The van der Waals surface area contributed by atoms with Crippen molar-refractivity contribution in [2.24, 2.45) is 17.8 Å². The molecule has 7 heteroatoms. The fraction of sp³-hybridized carbons (Fsp3) is 0.778. The quantitative estimate of drug-likeness (QED) is 0.137. The van der Waals surface area contributed by atoms with Gasteiger partial charge in [0.1, 0.15) is 5.57 Å². The smallest absolute Gasteiger partial charge is 0.262 e. The minimum Gasteiger partial charge on any atom is -0.478 e. The van der Waals surface area contributed by atoms with Crippen LogP contribution >= 0.6 is 0 Å². The highest BCUT2D eigenvalue weighted by molar-refractivity contribution is 6.12. The highest BCUT2D eigenvalue weighted by atomic mass is 16.5. The molecular formula is C27H45N5O2. The zero-order chi connectivity index (χ0) is 23.8. The number of amides is 1. The van der Waals surface area contributed by atoms with Crippen LogP contribution in [-0.2, 0) is 9.53 Å². The van der Waals surface area contributed by atoms with Crippen LogP contribution < -0.4 is 21.3 Å². The number of ether oxygens (including phenoxy) is 1. The van der Waals surface area contributed by atoms with Crippen molar-refractivity contribution in [2.45, 2.75) is 83.6 Å². The topological polar surface area (TPSA) is 98.3 Å². The van der Waals surface area contributed by atoms with Gasteiger partial charge in [-0.2, -0.15) is 0 Å². The van der Waals surface area contributed by atoms with Crippen LogP contribution in [0.15, 0.2) is 22.7 Å². The van der Waals surface area contributed by atoms with Crippen molar-refractivity contribution >= 4 is 12.1 Å². The van der Waals surface area contributed by atoms with Crippen LogP contribution in [0.25, 0.3) is 0 Å². The number of allylic oxidation sites excluding steroid dienone is 2. The van der Waals surface area contributed by atoms with Gasteiger partial charge in [0.15, 0.2) is 0 Å². The van der Waals surface area contributed by atoms with Gasteiger partial charge >= 0.3 is 0 Å². The lowest BCUT2D eigenvalue weighted by Gasteiger charge is -2.25. The fourth-order valence-corrected chi connectivity index (χ4v) is 6.26. The zero-order valence-corrected chi connectivity index (χ0v) is 21.0. The number of hydrogen-bond donors (Lipinski definition) is 5. The van der Waals surface area contributed by atoms with Gasteiger partial charge in [0.25, 0.3) is 5.91 Å². The largest absolute Gasteiger partial charge is 0.478 e. The first-order valence-electron chi connectivity index (χ1n) is 13.7. The van der Waals surface area contributed by atoms with Gasteiger partial charge in [-0.3, -0.25) is 4.79 Å². The van der Waals surface area contributed by atoms with E-state index in [2.05, 4.69) is 28.2 Å². The van der Waals surface area contributed by atoms with Gasteiger partial charge in [0, 0.05) is 31.0 Å². The molecule has 0 radical (unpaired) electrons. The summed E-state index contributed by atoms with van der Waals surface area (Å²) in [6.45, 7) is 6.53. The van der Waals surface area contributed by atoms with Crippen molar-refractivity contribution in [3.05, 3.63) is 22.7 Å². The predicted molar refractivity (Wildman–Crippen MR) is 137 cm³/mol. The Morgan fingerprint density at radius 1 is 1.09 bits per heavy atom. The van der Waals surface area contributed by atoms with Gasteiger partial charge in [-0.15, -0.1) is 0 Å². The summed E-state index contributed by atoms with van der Waals surface area (Å²) in [5.74, 6) is 2.15. The Kier molecular flexibility index (Phi) is 9.45. The van der Waals surface area contributed by atoms with Crippen molar-refractivity contribution < 1.29 is 9.53 Å². The summed E-state index contributed by atoms with van der Waals surface area (Å²) in [7, 11) is 0. The Morgan fingerprint density at radius 2 is 1.88 bits per heavy atom. The van der Waals surface area contributed by atoms with E-state index in [9.17, 15) is 4.79 Å². The molecule has 2 unspecified atom stereocenters. The molecule has 0 aromatic heterocycles. The molecule has 0 aromatic carbocycles. The summed E-state index contributed by atoms with van der Waals surface area (Å²) in [5, 5.41) is 21.6. The highest BCUT2D eigenvalue weighted by Gasteiger charge is 2.32. The zero-order valence-electron chi connectivity index (χ0n) is 21.0. The van der Waals surface area contributed by atoms with Crippen LogP contribution in [0, 0.1) is 23.2 Å². The van der Waals surface area contributed by atoms with E-state index in [1.54, 1.807) is 0 Å². The minimum absolute atomic E-state index is 0.213. The maximum Gasteiger partial charge on any atom is 0.262 e. The van der Waals surface area contributed by atoms with Gasteiger partial charge in [-0.25, -0.2) is 0 Å². The molecule has 1 heterocycles. The van der Waals surface area contributed by atoms with Crippen LogP contribution in [0.4, 0.5) is 0 Å². The van der Waals surface area contributed by atoms with Crippen LogP contribution in [-0.4, -0.2) is 50.9 Å². The Labute approximate surface area is 205 Å². The normalized spacial score (nSPS) is 26.7. The molecule has 5 N–H and O–H groups in total. The van der Waals surface area contributed by atoms with Crippen LogP contribution in [0.5, 0.6) is 0 Å². The number of piperidine rings is 1. The maximum atomic E-state index is 13.3. The summed E-state index contributed by atoms with van der Waals surface area (Å²) in [6, 6.07) is 0.543. The monoisotopic (exact) mass is 471 g/mol. The summed E-state index contributed by atoms with van der Waals surface area (Å²) >= 11 is 0. The second-order valence-electron chi connectivity index (χ2n) is 11.0. The van der Waals surface area contributed by atoms with Gasteiger partial charge in [0.05, 0.1) is 6.61 Å². The van der Waals surface area contributed by atoms with Crippen molar-refractivity contribution in [1.29, 1.82) is 5.41 Å².